The molecule has 3 rings (SSSR count). The topological polar surface area (TPSA) is 12.9 Å². The van der Waals surface area contributed by atoms with Gasteiger partial charge in [0.1, 0.15) is 0 Å². The molecular weight excluding hydrogens is 218 g/mol. The van der Waals surface area contributed by atoms with Crippen molar-refractivity contribution in [3.05, 3.63) is 48.3 Å². The average Bonchev–Trinajstić information content (AvgIpc) is 2.75. The standard InChI is InChI=1S/C14H12ClN/c15-12-6-5-10(7-12)14-9-16-8-11-3-1-2-4-13(11)14/h1-4,7-9,12H,5-6H2. The van der Waals surface area contributed by atoms with Crippen molar-refractivity contribution < 1.29 is 0 Å². The van der Waals surface area contributed by atoms with Crippen molar-refractivity contribution in [2.45, 2.75) is 18.2 Å². The van der Waals surface area contributed by atoms with E-state index in [1.165, 1.54) is 21.9 Å². The molecule has 2 aromatic rings. The number of aromatic nitrogens is 1. The lowest BCUT2D eigenvalue weighted by molar-refractivity contribution is 0.942. The number of alkyl halides is 1. The first-order valence-corrected chi connectivity index (χ1v) is 5.96. The quantitative estimate of drug-likeness (QED) is 0.673. The van der Waals surface area contributed by atoms with Gasteiger partial charge >= 0.3 is 0 Å². The van der Waals surface area contributed by atoms with Crippen molar-refractivity contribution in [1.82, 2.24) is 4.98 Å². The number of rotatable bonds is 1. The van der Waals surface area contributed by atoms with E-state index in [9.17, 15) is 0 Å². The summed E-state index contributed by atoms with van der Waals surface area (Å²) in [7, 11) is 0. The zero-order valence-electron chi connectivity index (χ0n) is 8.86. The van der Waals surface area contributed by atoms with Gasteiger partial charge in [-0.1, -0.05) is 30.3 Å². The average molecular weight is 230 g/mol. The molecule has 0 fully saturated rings. The maximum absolute atomic E-state index is 6.11. The number of allylic oxidation sites excluding steroid dienone is 2. The fourth-order valence-electron chi connectivity index (χ4n) is 2.28. The van der Waals surface area contributed by atoms with E-state index in [4.69, 9.17) is 11.6 Å². The van der Waals surface area contributed by atoms with Gasteiger partial charge in [-0.3, -0.25) is 4.98 Å². The first kappa shape index (κ1) is 9.86. The van der Waals surface area contributed by atoms with Gasteiger partial charge in [0.25, 0.3) is 0 Å². The third-order valence-corrected chi connectivity index (χ3v) is 3.43. The zero-order chi connectivity index (χ0) is 11.0. The third kappa shape index (κ3) is 1.61. The molecule has 0 aliphatic heterocycles. The summed E-state index contributed by atoms with van der Waals surface area (Å²) < 4.78 is 0. The lowest BCUT2D eigenvalue weighted by Gasteiger charge is -2.06. The van der Waals surface area contributed by atoms with Crippen LogP contribution in [0.15, 0.2) is 42.7 Å². The predicted octanol–water partition coefficient (Wildman–Crippen LogP) is 4.02. The second-order valence-corrected chi connectivity index (χ2v) is 4.72. The van der Waals surface area contributed by atoms with Crippen LogP contribution in [0.1, 0.15) is 18.4 Å². The Kier molecular flexibility index (Phi) is 2.41. The predicted molar refractivity (Wildman–Crippen MR) is 68.6 cm³/mol. The lowest BCUT2D eigenvalue weighted by Crippen LogP contribution is -1.86. The Morgan fingerprint density at radius 3 is 2.88 bits per heavy atom. The minimum absolute atomic E-state index is 0.189. The molecule has 1 unspecified atom stereocenters. The second-order valence-electron chi connectivity index (χ2n) is 4.15. The van der Waals surface area contributed by atoms with Crippen molar-refractivity contribution >= 4 is 27.9 Å². The van der Waals surface area contributed by atoms with Crippen LogP contribution in [-0.2, 0) is 0 Å². The summed E-state index contributed by atoms with van der Waals surface area (Å²) in [5.74, 6) is 0. The summed E-state index contributed by atoms with van der Waals surface area (Å²) in [6.45, 7) is 0. The summed E-state index contributed by atoms with van der Waals surface area (Å²) in [5, 5.41) is 2.66. The highest BCUT2D eigenvalue weighted by atomic mass is 35.5. The van der Waals surface area contributed by atoms with Gasteiger partial charge in [-0.15, -0.1) is 11.6 Å². The van der Waals surface area contributed by atoms with Gasteiger partial charge in [0.05, 0.1) is 5.38 Å². The van der Waals surface area contributed by atoms with E-state index < -0.39 is 0 Å². The molecule has 0 saturated carbocycles. The first-order valence-electron chi connectivity index (χ1n) is 5.52. The number of halogens is 1. The Labute approximate surface area is 99.8 Å². The molecule has 0 spiro atoms. The monoisotopic (exact) mass is 229 g/mol. The molecule has 0 saturated heterocycles. The highest BCUT2D eigenvalue weighted by molar-refractivity contribution is 6.22. The molecule has 80 valence electrons. The SMILES string of the molecule is ClC1C=C(c2cncc3ccccc23)CC1. The Hall–Kier alpha value is -1.34. The molecule has 1 atom stereocenters. The molecule has 1 aromatic carbocycles. The van der Waals surface area contributed by atoms with Gasteiger partial charge in [0.2, 0.25) is 0 Å². The number of benzene rings is 1. The first-order chi connectivity index (χ1) is 7.84. The van der Waals surface area contributed by atoms with Crippen LogP contribution in [0, 0.1) is 0 Å². The van der Waals surface area contributed by atoms with Crippen molar-refractivity contribution in [3.63, 3.8) is 0 Å². The van der Waals surface area contributed by atoms with Crippen molar-refractivity contribution in [2.75, 3.05) is 0 Å². The Bertz CT molecular complexity index is 554. The summed E-state index contributed by atoms with van der Waals surface area (Å²) in [4.78, 5) is 4.30. The van der Waals surface area contributed by atoms with E-state index in [-0.39, 0.29) is 5.38 Å². The molecule has 1 aromatic heterocycles. The van der Waals surface area contributed by atoms with Gasteiger partial charge in [0.15, 0.2) is 0 Å². The van der Waals surface area contributed by atoms with E-state index in [2.05, 4.69) is 29.3 Å². The molecular formula is C14H12ClN. The fourth-order valence-corrected chi connectivity index (χ4v) is 2.54. The molecule has 0 radical (unpaired) electrons. The molecule has 16 heavy (non-hydrogen) atoms. The molecule has 0 amide bonds. The van der Waals surface area contributed by atoms with E-state index in [1.54, 1.807) is 0 Å². The molecule has 1 aliphatic rings. The number of pyridine rings is 1. The molecule has 0 N–H and O–H groups in total. The fraction of sp³-hybridized carbons (Fsp3) is 0.214. The van der Waals surface area contributed by atoms with Gasteiger partial charge in [-0.25, -0.2) is 0 Å². The number of nitrogens with zero attached hydrogens (tertiary/aromatic N) is 1. The number of fused-ring (bicyclic) bond motifs is 1. The smallest absolute Gasteiger partial charge is 0.0525 e. The van der Waals surface area contributed by atoms with Crippen LogP contribution < -0.4 is 0 Å². The Morgan fingerprint density at radius 2 is 2.06 bits per heavy atom. The second kappa shape index (κ2) is 3.91. The van der Waals surface area contributed by atoms with Gasteiger partial charge in [-0.05, 0) is 23.8 Å². The largest absolute Gasteiger partial charge is 0.263 e. The van der Waals surface area contributed by atoms with Gasteiger partial charge in [0, 0.05) is 23.3 Å². The van der Waals surface area contributed by atoms with E-state index >= 15 is 0 Å². The maximum atomic E-state index is 6.11. The van der Waals surface area contributed by atoms with Crippen LogP contribution in [0.2, 0.25) is 0 Å². The van der Waals surface area contributed by atoms with E-state index in [0.717, 1.165) is 12.8 Å². The molecule has 1 aliphatic carbocycles. The van der Waals surface area contributed by atoms with Crippen molar-refractivity contribution in [3.8, 4) is 0 Å². The summed E-state index contributed by atoms with van der Waals surface area (Å²) in [5.41, 5.74) is 2.57. The van der Waals surface area contributed by atoms with Crippen LogP contribution in [0.4, 0.5) is 0 Å². The maximum Gasteiger partial charge on any atom is 0.0525 e. The van der Waals surface area contributed by atoms with E-state index in [1.807, 2.05) is 18.5 Å². The number of hydrogen-bond donors (Lipinski definition) is 0. The molecule has 1 heterocycles. The zero-order valence-corrected chi connectivity index (χ0v) is 9.61. The van der Waals surface area contributed by atoms with Crippen LogP contribution in [-0.4, -0.2) is 10.4 Å². The minimum atomic E-state index is 0.189. The highest BCUT2D eigenvalue weighted by Crippen LogP contribution is 2.33. The normalized spacial score (nSPS) is 20.1. The van der Waals surface area contributed by atoms with Crippen LogP contribution in [0.5, 0.6) is 0 Å². The van der Waals surface area contributed by atoms with Crippen LogP contribution in [0.25, 0.3) is 16.3 Å². The van der Waals surface area contributed by atoms with Crippen LogP contribution >= 0.6 is 11.6 Å². The highest BCUT2D eigenvalue weighted by Gasteiger charge is 2.16. The molecule has 1 nitrogen and oxygen atoms in total. The molecule has 0 bridgehead atoms. The van der Waals surface area contributed by atoms with Gasteiger partial charge < -0.3 is 0 Å². The van der Waals surface area contributed by atoms with E-state index in [0.29, 0.717) is 0 Å². The Morgan fingerprint density at radius 1 is 1.19 bits per heavy atom. The summed E-state index contributed by atoms with van der Waals surface area (Å²) in [6.07, 6.45) is 8.12. The third-order valence-electron chi connectivity index (χ3n) is 3.09. The Balaban J connectivity index is 2.20. The van der Waals surface area contributed by atoms with Crippen molar-refractivity contribution in [1.29, 1.82) is 0 Å². The number of hydrogen-bond acceptors (Lipinski definition) is 1. The summed E-state index contributed by atoms with van der Waals surface area (Å²) in [6, 6.07) is 8.36. The van der Waals surface area contributed by atoms with Crippen molar-refractivity contribution in [2.24, 2.45) is 0 Å². The summed E-state index contributed by atoms with van der Waals surface area (Å²) >= 11 is 6.11. The minimum Gasteiger partial charge on any atom is -0.263 e. The van der Waals surface area contributed by atoms with Crippen LogP contribution in [0.3, 0.4) is 0 Å². The molecule has 2 heteroatoms. The van der Waals surface area contributed by atoms with Gasteiger partial charge in [-0.2, -0.15) is 0 Å². The lowest BCUT2D eigenvalue weighted by atomic mass is 10.0.